The van der Waals surface area contributed by atoms with E-state index in [2.05, 4.69) is 20.8 Å². The molecule has 3 nitrogen and oxygen atoms in total. The van der Waals surface area contributed by atoms with E-state index in [0.717, 1.165) is 32.1 Å². The Balaban J connectivity index is 1.65. The van der Waals surface area contributed by atoms with Gasteiger partial charge in [0.25, 0.3) is 0 Å². The summed E-state index contributed by atoms with van der Waals surface area (Å²) in [6.45, 7) is 6.98. The van der Waals surface area contributed by atoms with Crippen molar-refractivity contribution < 1.29 is 14.3 Å². The van der Waals surface area contributed by atoms with E-state index in [4.69, 9.17) is 4.74 Å². The molecule has 1 heterocycles. The Labute approximate surface area is 137 Å². The molecule has 4 aliphatic carbocycles. The minimum absolute atomic E-state index is 0.0906. The first-order valence-electron chi connectivity index (χ1n) is 9.25. The Hall–Kier alpha value is -0.960. The summed E-state index contributed by atoms with van der Waals surface area (Å²) in [6.07, 6.45) is 7.81. The van der Waals surface area contributed by atoms with Gasteiger partial charge >= 0.3 is 0 Å². The number of ether oxygens (including phenoxy) is 1. The first kappa shape index (κ1) is 14.4. The Morgan fingerprint density at radius 1 is 1.00 bits per heavy atom. The Morgan fingerprint density at radius 2 is 1.74 bits per heavy atom. The molecule has 0 aromatic rings. The number of Topliss-reactive ketones (excluding diaryl/α,β-unsaturated/α-hetero) is 1. The van der Waals surface area contributed by atoms with E-state index < -0.39 is 0 Å². The van der Waals surface area contributed by atoms with Gasteiger partial charge in [-0.3, -0.25) is 9.59 Å². The van der Waals surface area contributed by atoms with Crippen LogP contribution in [0.3, 0.4) is 0 Å². The van der Waals surface area contributed by atoms with Crippen LogP contribution in [-0.4, -0.2) is 23.8 Å². The summed E-state index contributed by atoms with van der Waals surface area (Å²) >= 11 is 0. The van der Waals surface area contributed by atoms with Crippen LogP contribution in [0.15, 0.2) is 11.6 Å². The number of fused-ring (bicyclic) bond motifs is 8. The molecule has 7 atom stereocenters. The summed E-state index contributed by atoms with van der Waals surface area (Å²) in [5.74, 6) is 1.74. The minimum Gasteiger partial charge on any atom is -0.364 e. The van der Waals surface area contributed by atoms with Crippen molar-refractivity contribution in [3.05, 3.63) is 11.6 Å². The number of rotatable bonds is 0. The minimum atomic E-state index is -0.135. The fourth-order valence-electron chi connectivity index (χ4n) is 7.33. The van der Waals surface area contributed by atoms with Crippen molar-refractivity contribution in [2.45, 2.75) is 71.5 Å². The van der Waals surface area contributed by atoms with Crippen LogP contribution < -0.4 is 0 Å². The predicted octanol–water partition coefficient (Wildman–Crippen LogP) is 3.46. The topological polar surface area (TPSA) is 46.7 Å². The molecule has 1 saturated heterocycles. The molecule has 0 spiro atoms. The fourth-order valence-corrected chi connectivity index (χ4v) is 7.33. The van der Waals surface area contributed by atoms with Crippen LogP contribution >= 0.6 is 0 Å². The van der Waals surface area contributed by atoms with Gasteiger partial charge in [-0.15, -0.1) is 0 Å². The van der Waals surface area contributed by atoms with Crippen molar-refractivity contribution in [1.82, 2.24) is 0 Å². The summed E-state index contributed by atoms with van der Waals surface area (Å²) in [5, 5.41) is 0. The molecule has 3 heteroatoms. The van der Waals surface area contributed by atoms with Gasteiger partial charge in [0.2, 0.25) is 0 Å². The molecule has 0 unspecified atom stereocenters. The van der Waals surface area contributed by atoms with E-state index in [1.807, 2.05) is 6.08 Å². The molecule has 0 radical (unpaired) electrons. The van der Waals surface area contributed by atoms with Crippen LogP contribution in [0.25, 0.3) is 0 Å². The third-order valence-corrected chi connectivity index (χ3v) is 8.57. The average Bonchev–Trinajstić information content (AvgIpc) is 3.24. The van der Waals surface area contributed by atoms with Gasteiger partial charge in [0.1, 0.15) is 11.9 Å². The molecule has 5 aliphatic rings. The highest BCUT2D eigenvalue weighted by Gasteiger charge is 2.74. The predicted molar refractivity (Wildman–Crippen MR) is 85.8 cm³/mol. The van der Waals surface area contributed by atoms with Crippen molar-refractivity contribution in [2.75, 3.05) is 0 Å². The maximum Gasteiger partial charge on any atom is 0.155 e. The van der Waals surface area contributed by atoms with E-state index in [-0.39, 0.29) is 34.2 Å². The molecule has 3 saturated carbocycles. The summed E-state index contributed by atoms with van der Waals surface area (Å²) in [4.78, 5) is 24.5. The molecule has 1 aliphatic heterocycles. The van der Waals surface area contributed by atoms with Gasteiger partial charge in [0.05, 0.1) is 6.10 Å². The van der Waals surface area contributed by atoms with Crippen molar-refractivity contribution in [3.63, 3.8) is 0 Å². The zero-order valence-corrected chi connectivity index (χ0v) is 14.4. The molecular formula is C20H26O3. The van der Waals surface area contributed by atoms with Gasteiger partial charge in [-0.1, -0.05) is 20.8 Å². The van der Waals surface area contributed by atoms with Crippen LogP contribution in [0.5, 0.6) is 0 Å². The fraction of sp³-hybridized carbons (Fsp3) is 0.800. The summed E-state index contributed by atoms with van der Waals surface area (Å²) in [7, 11) is 0. The molecule has 23 heavy (non-hydrogen) atoms. The van der Waals surface area contributed by atoms with Gasteiger partial charge in [-0.2, -0.15) is 0 Å². The summed E-state index contributed by atoms with van der Waals surface area (Å²) in [5.41, 5.74) is 1.32. The lowest BCUT2D eigenvalue weighted by Gasteiger charge is -2.60. The second-order valence-electron chi connectivity index (χ2n) is 9.35. The maximum absolute atomic E-state index is 12.6. The van der Waals surface area contributed by atoms with Gasteiger partial charge in [0.15, 0.2) is 5.78 Å². The Bertz CT molecular complexity index is 664. The zero-order chi connectivity index (χ0) is 16.2. The van der Waals surface area contributed by atoms with Crippen LogP contribution in [-0.2, 0) is 14.3 Å². The number of ketones is 2. The van der Waals surface area contributed by atoms with Crippen molar-refractivity contribution >= 4 is 11.6 Å². The van der Waals surface area contributed by atoms with E-state index >= 15 is 0 Å². The monoisotopic (exact) mass is 314 g/mol. The lowest BCUT2D eigenvalue weighted by molar-refractivity contribution is -0.142. The van der Waals surface area contributed by atoms with E-state index in [1.165, 1.54) is 5.57 Å². The SMILES string of the molecule is C[C@@]12[C@@H]3O[C@@H]3C3=CC(=O)CC[C@]3(C)[C@H]1CC[C@]1(C)C(=O)CC[C@@H]21. The largest absolute Gasteiger partial charge is 0.364 e. The molecule has 5 rings (SSSR count). The van der Waals surface area contributed by atoms with Gasteiger partial charge in [0, 0.05) is 23.7 Å². The highest BCUT2D eigenvalue weighted by Crippen LogP contribution is 2.73. The van der Waals surface area contributed by atoms with Crippen molar-refractivity contribution in [1.29, 1.82) is 0 Å². The lowest BCUT2D eigenvalue weighted by atomic mass is 9.41. The van der Waals surface area contributed by atoms with Crippen molar-refractivity contribution in [3.8, 4) is 0 Å². The van der Waals surface area contributed by atoms with Crippen LogP contribution in [0.1, 0.15) is 59.3 Å². The molecule has 0 aromatic carbocycles. The number of hydrogen-bond acceptors (Lipinski definition) is 3. The number of hydrogen-bond donors (Lipinski definition) is 0. The molecule has 0 aromatic heterocycles. The van der Waals surface area contributed by atoms with Gasteiger partial charge < -0.3 is 4.74 Å². The average molecular weight is 314 g/mol. The zero-order valence-electron chi connectivity index (χ0n) is 14.4. The molecule has 0 N–H and O–H groups in total. The first-order valence-corrected chi connectivity index (χ1v) is 9.25. The number of carbonyl (C=O) groups is 2. The number of epoxide rings is 1. The summed E-state index contributed by atoms with van der Waals surface area (Å²) in [6, 6.07) is 0. The Morgan fingerprint density at radius 3 is 2.52 bits per heavy atom. The van der Waals surface area contributed by atoms with Gasteiger partial charge in [-0.25, -0.2) is 0 Å². The highest BCUT2D eigenvalue weighted by molar-refractivity contribution is 5.92. The Kier molecular flexibility index (Phi) is 2.49. The molecule has 4 fully saturated rings. The van der Waals surface area contributed by atoms with E-state index in [0.29, 0.717) is 24.0 Å². The van der Waals surface area contributed by atoms with Crippen LogP contribution in [0.4, 0.5) is 0 Å². The standard InChI is InChI=1S/C20H26O3/c1-18-8-6-11(21)10-12(18)16-17(23-16)20(3)13-4-5-15(22)19(13,2)9-7-14(18)20/h10,13-14,16-17H,4-9H2,1-3H3/t13-,14-,16-,17-,18+,19+,20+/m1/s1. The molecule has 124 valence electrons. The first-order chi connectivity index (χ1) is 10.8. The normalized spacial score (nSPS) is 57.1. The lowest BCUT2D eigenvalue weighted by Crippen LogP contribution is -2.59. The highest BCUT2D eigenvalue weighted by atomic mass is 16.6. The second kappa shape index (κ2) is 3.99. The van der Waals surface area contributed by atoms with E-state index in [9.17, 15) is 9.59 Å². The summed E-state index contributed by atoms with van der Waals surface area (Å²) < 4.78 is 6.19. The van der Waals surface area contributed by atoms with Crippen molar-refractivity contribution in [2.24, 2.45) is 28.1 Å². The number of carbonyl (C=O) groups excluding carboxylic acids is 2. The third kappa shape index (κ3) is 1.47. The maximum atomic E-state index is 12.6. The smallest absolute Gasteiger partial charge is 0.155 e. The second-order valence-corrected chi connectivity index (χ2v) is 9.35. The third-order valence-electron chi connectivity index (χ3n) is 8.57. The molecule has 0 bridgehead atoms. The molecular weight excluding hydrogens is 288 g/mol. The molecule has 0 amide bonds. The van der Waals surface area contributed by atoms with Crippen LogP contribution in [0.2, 0.25) is 0 Å². The quantitative estimate of drug-likeness (QED) is 0.643. The van der Waals surface area contributed by atoms with E-state index in [1.54, 1.807) is 0 Å². The van der Waals surface area contributed by atoms with Gasteiger partial charge in [-0.05, 0) is 54.6 Å². The van der Waals surface area contributed by atoms with Crippen LogP contribution in [0, 0.1) is 28.1 Å².